The van der Waals surface area contributed by atoms with Gasteiger partial charge >= 0.3 is 5.97 Å². The third kappa shape index (κ3) is 2.66. The van der Waals surface area contributed by atoms with Crippen LogP contribution in [-0.2, 0) is 16.6 Å². The first kappa shape index (κ1) is 13.7. The highest BCUT2D eigenvalue weighted by atomic mass is 32.1. The summed E-state index contributed by atoms with van der Waals surface area (Å²) in [5.41, 5.74) is -1.02. The highest BCUT2D eigenvalue weighted by Crippen LogP contribution is 2.31. The maximum Gasteiger partial charge on any atom is 0.314 e. The lowest BCUT2D eigenvalue weighted by molar-refractivity contribution is -0.143. The first-order valence-electron chi connectivity index (χ1n) is 5.65. The minimum atomic E-state index is -1.28. The number of benzene rings is 1. The molecular weight excluding hydrogens is 270 g/mol. The van der Waals surface area contributed by atoms with Crippen LogP contribution in [0.4, 0.5) is 8.78 Å². The fourth-order valence-electron chi connectivity index (χ4n) is 1.90. The van der Waals surface area contributed by atoms with E-state index in [9.17, 15) is 18.7 Å². The zero-order valence-corrected chi connectivity index (χ0v) is 11.0. The fourth-order valence-corrected chi connectivity index (χ4v) is 2.76. The van der Waals surface area contributed by atoms with Gasteiger partial charge in [-0.3, -0.25) is 4.79 Å². The zero-order chi connectivity index (χ0) is 14.0. The standard InChI is InChI=1S/C14H12F2O2S/c1-14(13(17)18,8-10-3-2-6-19-10)9-4-5-11(15)12(16)7-9/h2-7H,8H2,1H3,(H,17,18). The topological polar surface area (TPSA) is 37.3 Å². The van der Waals surface area contributed by atoms with Crippen molar-refractivity contribution in [2.45, 2.75) is 18.8 Å². The molecule has 2 aromatic rings. The van der Waals surface area contributed by atoms with Crippen LogP contribution in [0.1, 0.15) is 17.4 Å². The van der Waals surface area contributed by atoms with Crippen molar-refractivity contribution in [1.82, 2.24) is 0 Å². The molecule has 0 aliphatic heterocycles. The molecule has 0 aliphatic rings. The van der Waals surface area contributed by atoms with E-state index in [4.69, 9.17) is 0 Å². The number of carboxylic acids is 1. The van der Waals surface area contributed by atoms with Gasteiger partial charge in [0.15, 0.2) is 11.6 Å². The molecule has 1 aromatic heterocycles. The molecule has 0 fully saturated rings. The molecule has 1 unspecified atom stereocenters. The summed E-state index contributed by atoms with van der Waals surface area (Å²) in [5.74, 6) is -3.07. The van der Waals surface area contributed by atoms with Crippen LogP contribution in [0.25, 0.3) is 0 Å². The van der Waals surface area contributed by atoms with E-state index in [1.165, 1.54) is 24.3 Å². The molecule has 100 valence electrons. The van der Waals surface area contributed by atoms with Crippen molar-refractivity contribution < 1.29 is 18.7 Å². The second-order valence-corrected chi connectivity index (χ2v) is 5.55. The summed E-state index contributed by atoms with van der Waals surface area (Å²) in [4.78, 5) is 12.4. The van der Waals surface area contributed by atoms with E-state index in [2.05, 4.69) is 0 Å². The van der Waals surface area contributed by atoms with Gasteiger partial charge in [-0.2, -0.15) is 0 Å². The predicted octanol–water partition coefficient (Wildman–Crippen LogP) is 3.61. The van der Waals surface area contributed by atoms with Crippen molar-refractivity contribution >= 4 is 17.3 Å². The number of hydrogen-bond acceptors (Lipinski definition) is 2. The van der Waals surface area contributed by atoms with Crippen LogP contribution >= 0.6 is 11.3 Å². The van der Waals surface area contributed by atoms with E-state index in [1.807, 2.05) is 17.5 Å². The summed E-state index contributed by atoms with van der Waals surface area (Å²) in [6, 6.07) is 6.89. The largest absolute Gasteiger partial charge is 0.481 e. The van der Waals surface area contributed by atoms with Gasteiger partial charge in [0.25, 0.3) is 0 Å². The quantitative estimate of drug-likeness (QED) is 0.930. The molecule has 5 heteroatoms. The van der Waals surface area contributed by atoms with E-state index in [-0.39, 0.29) is 12.0 Å². The van der Waals surface area contributed by atoms with E-state index >= 15 is 0 Å². The molecule has 0 bridgehead atoms. The van der Waals surface area contributed by atoms with Crippen molar-refractivity contribution in [2.24, 2.45) is 0 Å². The SMILES string of the molecule is CC(Cc1cccs1)(C(=O)O)c1ccc(F)c(F)c1. The number of thiophene rings is 1. The Labute approximate surface area is 113 Å². The Bertz CT molecular complexity index is 595. The van der Waals surface area contributed by atoms with Gasteiger partial charge in [-0.1, -0.05) is 12.1 Å². The maximum atomic E-state index is 13.3. The van der Waals surface area contributed by atoms with E-state index < -0.39 is 23.0 Å². The van der Waals surface area contributed by atoms with Crippen molar-refractivity contribution in [3.63, 3.8) is 0 Å². The average Bonchev–Trinajstić information content (AvgIpc) is 2.85. The van der Waals surface area contributed by atoms with Crippen molar-refractivity contribution in [1.29, 1.82) is 0 Å². The highest BCUT2D eigenvalue weighted by molar-refractivity contribution is 7.09. The van der Waals surface area contributed by atoms with Crippen LogP contribution in [0, 0.1) is 11.6 Å². The molecule has 2 rings (SSSR count). The van der Waals surface area contributed by atoms with E-state index in [0.717, 1.165) is 17.0 Å². The third-order valence-corrected chi connectivity index (χ3v) is 4.01. The Morgan fingerprint density at radius 1 is 1.32 bits per heavy atom. The van der Waals surface area contributed by atoms with Gasteiger partial charge in [-0.25, -0.2) is 8.78 Å². The first-order chi connectivity index (χ1) is 8.93. The molecule has 19 heavy (non-hydrogen) atoms. The van der Waals surface area contributed by atoms with Crippen LogP contribution in [-0.4, -0.2) is 11.1 Å². The van der Waals surface area contributed by atoms with Gasteiger partial charge in [0, 0.05) is 11.3 Å². The molecule has 1 atom stereocenters. The Morgan fingerprint density at radius 3 is 2.58 bits per heavy atom. The molecule has 1 N–H and O–H groups in total. The summed E-state index contributed by atoms with van der Waals surface area (Å²) in [6.45, 7) is 1.52. The minimum Gasteiger partial charge on any atom is -0.481 e. The molecule has 1 heterocycles. The molecular formula is C14H12F2O2S. The van der Waals surface area contributed by atoms with Crippen LogP contribution in [0.5, 0.6) is 0 Å². The average molecular weight is 282 g/mol. The summed E-state index contributed by atoms with van der Waals surface area (Å²) >= 11 is 1.44. The number of hydrogen-bond donors (Lipinski definition) is 1. The molecule has 0 radical (unpaired) electrons. The number of carboxylic acid groups (broad SMARTS) is 1. The van der Waals surface area contributed by atoms with E-state index in [0.29, 0.717) is 0 Å². The van der Waals surface area contributed by atoms with Gasteiger partial charge in [-0.15, -0.1) is 11.3 Å². The van der Waals surface area contributed by atoms with Crippen LogP contribution < -0.4 is 0 Å². The summed E-state index contributed by atoms with van der Waals surface area (Å²) < 4.78 is 26.2. The molecule has 1 aromatic carbocycles. The summed E-state index contributed by atoms with van der Waals surface area (Å²) in [6.07, 6.45) is 0.241. The predicted molar refractivity (Wildman–Crippen MR) is 69.4 cm³/mol. The maximum absolute atomic E-state index is 13.3. The Hall–Kier alpha value is -1.75. The lowest BCUT2D eigenvalue weighted by atomic mass is 9.79. The van der Waals surface area contributed by atoms with E-state index in [1.54, 1.807) is 0 Å². The normalized spacial score (nSPS) is 14.1. The fraction of sp³-hybridized carbons (Fsp3) is 0.214. The smallest absolute Gasteiger partial charge is 0.314 e. The van der Waals surface area contributed by atoms with Crippen LogP contribution in [0.2, 0.25) is 0 Å². The molecule has 0 saturated carbocycles. The second-order valence-electron chi connectivity index (χ2n) is 4.52. The number of carbonyl (C=O) groups is 1. The molecule has 0 spiro atoms. The highest BCUT2D eigenvalue weighted by Gasteiger charge is 2.36. The lowest BCUT2D eigenvalue weighted by Crippen LogP contribution is -2.34. The Balaban J connectivity index is 2.43. The molecule has 2 nitrogen and oxygen atoms in total. The van der Waals surface area contributed by atoms with Gasteiger partial charge < -0.3 is 5.11 Å². The first-order valence-corrected chi connectivity index (χ1v) is 6.53. The lowest BCUT2D eigenvalue weighted by Gasteiger charge is -2.25. The Morgan fingerprint density at radius 2 is 2.05 bits per heavy atom. The third-order valence-electron chi connectivity index (χ3n) is 3.14. The van der Waals surface area contributed by atoms with Gasteiger partial charge in [0.2, 0.25) is 0 Å². The zero-order valence-electron chi connectivity index (χ0n) is 10.2. The van der Waals surface area contributed by atoms with Crippen LogP contribution in [0.15, 0.2) is 35.7 Å². The molecule has 0 amide bonds. The second kappa shape index (κ2) is 5.09. The Kier molecular flexibility index (Phi) is 3.66. The van der Waals surface area contributed by atoms with Gasteiger partial charge in [0.05, 0.1) is 5.41 Å². The van der Waals surface area contributed by atoms with Gasteiger partial charge in [-0.05, 0) is 36.1 Å². The number of rotatable bonds is 4. The minimum absolute atomic E-state index is 0.241. The molecule has 0 saturated heterocycles. The van der Waals surface area contributed by atoms with Crippen LogP contribution in [0.3, 0.4) is 0 Å². The summed E-state index contributed by atoms with van der Waals surface area (Å²) in [7, 11) is 0. The number of aliphatic carboxylic acids is 1. The number of halogens is 2. The summed E-state index contributed by atoms with van der Waals surface area (Å²) in [5, 5.41) is 11.3. The molecule has 0 aliphatic carbocycles. The van der Waals surface area contributed by atoms with Crippen molar-refractivity contribution in [2.75, 3.05) is 0 Å². The van der Waals surface area contributed by atoms with Crippen molar-refractivity contribution in [3.05, 3.63) is 57.8 Å². The van der Waals surface area contributed by atoms with Gasteiger partial charge in [0.1, 0.15) is 0 Å². The monoisotopic (exact) mass is 282 g/mol. The van der Waals surface area contributed by atoms with Crippen molar-refractivity contribution in [3.8, 4) is 0 Å².